The second kappa shape index (κ2) is 3.17. The molecule has 1 heterocycles. The minimum atomic E-state index is 0.251. The van der Waals surface area contributed by atoms with Crippen LogP contribution in [0.5, 0.6) is 0 Å². The minimum Gasteiger partial charge on any atom is -0.201 e. The quantitative estimate of drug-likeness (QED) is 0.648. The molecule has 0 aliphatic carbocycles. The molecule has 0 fully saturated rings. The van der Waals surface area contributed by atoms with E-state index < -0.39 is 0 Å². The van der Waals surface area contributed by atoms with E-state index in [2.05, 4.69) is 39.0 Å². The predicted molar refractivity (Wildman–Crippen MR) is 54.9 cm³/mol. The van der Waals surface area contributed by atoms with Crippen LogP contribution < -0.4 is 0 Å². The SMILES string of the molecule is CC(C)c1cnsc1C(C)(C)C. The Hall–Kier alpha value is -0.370. The molecular weight excluding hydrogens is 166 g/mol. The van der Waals surface area contributed by atoms with Crippen molar-refractivity contribution in [3.63, 3.8) is 0 Å². The first-order valence-electron chi connectivity index (χ1n) is 4.38. The second-order valence-corrected chi connectivity index (χ2v) is 5.32. The van der Waals surface area contributed by atoms with Gasteiger partial charge in [-0.3, -0.25) is 0 Å². The number of rotatable bonds is 1. The van der Waals surface area contributed by atoms with Crippen molar-refractivity contribution in [2.75, 3.05) is 0 Å². The number of hydrogen-bond acceptors (Lipinski definition) is 2. The summed E-state index contributed by atoms with van der Waals surface area (Å²) in [6.45, 7) is 11.2. The Morgan fingerprint density at radius 2 is 1.92 bits per heavy atom. The van der Waals surface area contributed by atoms with Gasteiger partial charge in [0.25, 0.3) is 0 Å². The van der Waals surface area contributed by atoms with E-state index in [9.17, 15) is 0 Å². The molecule has 0 aliphatic heterocycles. The topological polar surface area (TPSA) is 12.9 Å². The molecule has 0 saturated carbocycles. The molecule has 0 atom stereocenters. The summed E-state index contributed by atoms with van der Waals surface area (Å²) in [7, 11) is 0. The fourth-order valence-electron chi connectivity index (χ4n) is 1.23. The van der Waals surface area contributed by atoms with Crippen LogP contribution in [-0.2, 0) is 5.41 Å². The molecule has 0 aliphatic rings. The van der Waals surface area contributed by atoms with Crippen LogP contribution in [0.1, 0.15) is 51.0 Å². The van der Waals surface area contributed by atoms with Crippen LogP contribution in [0.25, 0.3) is 0 Å². The minimum absolute atomic E-state index is 0.251. The molecule has 1 rings (SSSR count). The van der Waals surface area contributed by atoms with Crippen molar-refractivity contribution in [3.8, 4) is 0 Å². The van der Waals surface area contributed by atoms with Crippen molar-refractivity contribution in [2.45, 2.75) is 46.0 Å². The highest BCUT2D eigenvalue weighted by Gasteiger charge is 2.21. The number of aromatic nitrogens is 1. The van der Waals surface area contributed by atoms with E-state index in [1.54, 1.807) is 11.5 Å². The van der Waals surface area contributed by atoms with Crippen LogP contribution in [0.4, 0.5) is 0 Å². The molecule has 0 saturated heterocycles. The zero-order chi connectivity index (χ0) is 9.35. The summed E-state index contributed by atoms with van der Waals surface area (Å²) in [4.78, 5) is 1.43. The summed E-state index contributed by atoms with van der Waals surface area (Å²) in [5.41, 5.74) is 1.66. The van der Waals surface area contributed by atoms with Crippen molar-refractivity contribution in [1.29, 1.82) is 0 Å². The molecular formula is C10H17NS. The molecule has 0 amide bonds. The van der Waals surface area contributed by atoms with Gasteiger partial charge in [0.15, 0.2) is 0 Å². The number of nitrogens with zero attached hydrogens (tertiary/aromatic N) is 1. The normalized spacial score (nSPS) is 12.5. The van der Waals surface area contributed by atoms with Gasteiger partial charge < -0.3 is 0 Å². The standard InChI is InChI=1S/C10H17NS/c1-7(2)8-6-11-12-9(8)10(3,4)5/h6-7H,1-5H3. The Kier molecular flexibility index (Phi) is 2.57. The smallest absolute Gasteiger partial charge is 0.0444 e. The maximum Gasteiger partial charge on any atom is 0.0444 e. The second-order valence-electron chi connectivity index (χ2n) is 4.51. The summed E-state index contributed by atoms with van der Waals surface area (Å²) in [5.74, 6) is 0.595. The lowest BCUT2D eigenvalue weighted by Crippen LogP contribution is -2.11. The van der Waals surface area contributed by atoms with E-state index in [4.69, 9.17) is 0 Å². The lowest BCUT2D eigenvalue weighted by Gasteiger charge is -2.19. The fraction of sp³-hybridized carbons (Fsp3) is 0.700. The third-order valence-corrected chi connectivity index (χ3v) is 3.14. The van der Waals surface area contributed by atoms with Crippen molar-refractivity contribution in [2.24, 2.45) is 0 Å². The average molecular weight is 183 g/mol. The molecule has 0 bridgehead atoms. The molecule has 0 radical (unpaired) electrons. The highest BCUT2D eigenvalue weighted by Crippen LogP contribution is 2.32. The molecule has 0 aromatic carbocycles. The summed E-state index contributed by atoms with van der Waals surface area (Å²) in [6, 6.07) is 0. The molecule has 68 valence electrons. The third kappa shape index (κ3) is 1.86. The molecule has 0 spiro atoms. The van der Waals surface area contributed by atoms with E-state index in [0.29, 0.717) is 5.92 Å². The van der Waals surface area contributed by atoms with E-state index in [0.717, 1.165) is 0 Å². The first-order chi connectivity index (χ1) is 5.43. The van der Waals surface area contributed by atoms with E-state index in [1.807, 2.05) is 6.20 Å². The Morgan fingerprint density at radius 3 is 2.25 bits per heavy atom. The summed E-state index contributed by atoms with van der Waals surface area (Å²) in [6.07, 6.45) is 2.01. The van der Waals surface area contributed by atoms with Gasteiger partial charge in [-0.05, 0) is 28.4 Å². The van der Waals surface area contributed by atoms with Gasteiger partial charge in [0.2, 0.25) is 0 Å². The summed E-state index contributed by atoms with van der Waals surface area (Å²) < 4.78 is 4.25. The van der Waals surface area contributed by atoms with Crippen molar-refractivity contribution in [3.05, 3.63) is 16.6 Å². The molecule has 12 heavy (non-hydrogen) atoms. The first-order valence-corrected chi connectivity index (χ1v) is 5.15. The van der Waals surface area contributed by atoms with Gasteiger partial charge in [0, 0.05) is 11.1 Å². The number of hydrogen-bond donors (Lipinski definition) is 0. The molecule has 1 aromatic heterocycles. The lowest BCUT2D eigenvalue weighted by atomic mass is 9.89. The molecule has 1 aromatic rings. The van der Waals surface area contributed by atoms with Gasteiger partial charge >= 0.3 is 0 Å². The van der Waals surface area contributed by atoms with E-state index >= 15 is 0 Å². The Labute approximate surface area is 79.0 Å². The van der Waals surface area contributed by atoms with Gasteiger partial charge in [0.1, 0.15) is 0 Å². The van der Waals surface area contributed by atoms with Crippen LogP contribution in [-0.4, -0.2) is 4.37 Å². The van der Waals surface area contributed by atoms with Gasteiger partial charge in [-0.15, -0.1) is 0 Å². The van der Waals surface area contributed by atoms with Crippen LogP contribution in [0.15, 0.2) is 6.20 Å². The zero-order valence-electron chi connectivity index (χ0n) is 8.51. The van der Waals surface area contributed by atoms with Crippen LogP contribution >= 0.6 is 11.5 Å². The largest absolute Gasteiger partial charge is 0.201 e. The molecule has 2 heteroatoms. The summed E-state index contributed by atoms with van der Waals surface area (Å²) in [5, 5.41) is 0. The van der Waals surface area contributed by atoms with Crippen molar-refractivity contribution in [1.82, 2.24) is 4.37 Å². The Balaban J connectivity index is 3.08. The highest BCUT2D eigenvalue weighted by molar-refractivity contribution is 7.06. The maximum atomic E-state index is 4.25. The summed E-state index contributed by atoms with van der Waals surface area (Å²) >= 11 is 1.63. The molecule has 0 unspecified atom stereocenters. The predicted octanol–water partition coefficient (Wildman–Crippen LogP) is 3.56. The molecule has 1 nitrogen and oxygen atoms in total. The van der Waals surface area contributed by atoms with Crippen LogP contribution in [0.2, 0.25) is 0 Å². The highest BCUT2D eigenvalue weighted by atomic mass is 32.1. The van der Waals surface area contributed by atoms with Gasteiger partial charge in [-0.25, -0.2) is 4.37 Å². The van der Waals surface area contributed by atoms with Crippen LogP contribution in [0, 0.1) is 0 Å². The van der Waals surface area contributed by atoms with E-state index in [-0.39, 0.29) is 5.41 Å². The fourth-order valence-corrected chi connectivity index (χ4v) is 2.17. The van der Waals surface area contributed by atoms with E-state index in [1.165, 1.54) is 10.4 Å². The average Bonchev–Trinajstić information content (AvgIpc) is 2.30. The Morgan fingerprint density at radius 1 is 1.33 bits per heavy atom. The zero-order valence-corrected chi connectivity index (χ0v) is 9.33. The van der Waals surface area contributed by atoms with Crippen LogP contribution in [0.3, 0.4) is 0 Å². The maximum absolute atomic E-state index is 4.25. The lowest BCUT2D eigenvalue weighted by molar-refractivity contribution is 0.592. The monoisotopic (exact) mass is 183 g/mol. The van der Waals surface area contributed by atoms with Crippen molar-refractivity contribution >= 4 is 11.5 Å². The van der Waals surface area contributed by atoms with Gasteiger partial charge in [0.05, 0.1) is 0 Å². The Bertz CT molecular complexity index is 255. The van der Waals surface area contributed by atoms with Crippen molar-refractivity contribution < 1.29 is 0 Å². The van der Waals surface area contributed by atoms with Gasteiger partial charge in [-0.2, -0.15) is 0 Å². The van der Waals surface area contributed by atoms with Gasteiger partial charge in [-0.1, -0.05) is 34.6 Å². The third-order valence-electron chi connectivity index (χ3n) is 1.90. The molecule has 0 N–H and O–H groups in total. The first kappa shape index (κ1) is 9.72.